The molecule has 554 valence electrons. The summed E-state index contributed by atoms with van der Waals surface area (Å²) in [6, 6.07) is 62.8. The van der Waals surface area contributed by atoms with Crippen molar-refractivity contribution >= 4 is 0 Å². The molecule has 16 heteroatoms. The highest BCUT2D eigenvalue weighted by molar-refractivity contribution is 5.65. The maximum absolute atomic E-state index is 13.9. The predicted molar refractivity (Wildman–Crippen MR) is 421 cm³/mol. The molecule has 7 heterocycles. The van der Waals surface area contributed by atoms with Gasteiger partial charge in [-0.15, -0.1) is 0 Å². The van der Waals surface area contributed by atoms with Crippen LogP contribution >= 0.6 is 0 Å². The van der Waals surface area contributed by atoms with Crippen LogP contribution in [0.3, 0.4) is 0 Å². The summed E-state index contributed by atoms with van der Waals surface area (Å²) in [5.74, 6) is 1.62. The van der Waals surface area contributed by atoms with E-state index in [9.17, 15) is 38.4 Å². The lowest BCUT2D eigenvalue weighted by molar-refractivity contribution is -0.616. The quantitative estimate of drug-likeness (QED) is 0.0525. The Morgan fingerprint density at radius 3 is 1.15 bits per heavy atom. The van der Waals surface area contributed by atoms with Gasteiger partial charge < -0.3 is 20.8 Å². The fourth-order valence-corrected chi connectivity index (χ4v) is 10.9. The maximum atomic E-state index is 13.9. The molecule has 0 aliphatic rings. The molecule has 0 saturated heterocycles. The topological polar surface area (TPSA) is 159 Å². The fourth-order valence-electron chi connectivity index (χ4n) is 10.9. The molecule has 12 nitrogen and oxygen atoms in total. The Hall–Kier alpha value is -11.0. The van der Waals surface area contributed by atoms with E-state index in [0.717, 1.165) is 113 Å². The smallest absolute Gasteiger partial charge is 0.231 e. The Kier molecular flexibility index (Phi) is 33.8. The molecule has 0 aliphatic carbocycles. The average molecular weight is 1440 g/mol. The monoisotopic (exact) mass is 1430 g/mol. The lowest BCUT2D eigenvalue weighted by Crippen LogP contribution is -2.33. The molecule has 0 fully saturated rings. The minimum Gasteiger partial charge on any atom is -0.618 e. The molecule has 0 atom stereocenters. The largest absolute Gasteiger partial charge is 0.618 e. The van der Waals surface area contributed by atoms with Crippen LogP contribution < -0.4 is 18.9 Å². The Morgan fingerprint density at radius 2 is 0.726 bits per heavy atom. The van der Waals surface area contributed by atoms with Crippen LogP contribution in [-0.2, 0) is 19.3 Å². The fraction of sp³-hybridized carbons (Fsp3) is 0.289. The maximum Gasteiger partial charge on any atom is 0.231 e. The average Bonchev–Trinajstić information content (AvgIpc) is 0.814. The van der Waals surface area contributed by atoms with Crippen molar-refractivity contribution < 1.29 is 36.5 Å². The van der Waals surface area contributed by atoms with Crippen molar-refractivity contribution in [2.75, 3.05) is 0 Å². The number of hydrogen-bond donors (Lipinski definition) is 0. The molecule has 0 amide bonds. The van der Waals surface area contributed by atoms with Gasteiger partial charge in [-0.25, -0.2) is 23.1 Å². The molecule has 0 bridgehead atoms. The van der Waals surface area contributed by atoms with E-state index in [1.165, 1.54) is 48.9 Å². The second kappa shape index (κ2) is 42.7. The first-order valence-electron chi connectivity index (χ1n) is 36.3. The van der Waals surface area contributed by atoms with Crippen molar-refractivity contribution in [3.63, 3.8) is 0 Å². The molecule has 0 aliphatic heterocycles. The number of benzene rings is 5. The molecular formula is C90H102F4N8O4. The molecule has 0 unspecified atom stereocenters. The van der Waals surface area contributed by atoms with E-state index in [1.54, 1.807) is 56.6 Å². The van der Waals surface area contributed by atoms with Crippen LogP contribution in [0.5, 0.6) is 0 Å². The van der Waals surface area contributed by atoms with Crippen molar-refractivity contribution in [3.05, 3.63) is 345 Å². The zero-order chi connectivity index (χ0) is 77.4. The van der Waals surface area contributed by atoms with E-state index in [1.807, 2.05) is 194 Å². The lowest BCUT2D eigenvalue weighted by atomic mass is 10.0. The van der Waals surface area contributed by atoms with Gasteiger partial charge in [-0.2, -0.15) is 23.3 Å². The Labute approximate surface area is 625 Å². The van der Waals surface area contributed by atoms with Crippen LogP contribution in [0.1, 0.15) is 185 Å². The summed E-state index contributed by atoms with van der Waals surface area (Å²) < 4.78 is 56.2. The van der Waals surface area contributed by atoms with Crippen LogP contribution in [0.4, 0.5) is 17.6 Å². The summed E-state index contributed by atoms with van der Waals surface area (Å²) in [7, 11) is 0. The van der Waals surface area contributed by atoms with Gasteiger partial charge in [0, 0.05) is 106 Å². The Balaban J connectivity index is 0.000000195. The van der Waals surface area contributed by atoms with E-state index < -0.39 is 5.82 Å². The van der Waals surface area contributed by atoms with Crippen molar-refractivity contribution in [2.45, 2.75) is 159 Å². The molecule has 12 rings (SSSR count). The number of rotatable bonds is 16. The van der Waals surface area contributed by atoms with Gasteiger partial charge in [-0.3, -0.25) is 9.97 Å². The molecular weight excluding hydrogens is 1330 g/mol. The highest BCUT2D eigenvalue weighted by atomic mass is 19.1. The SMILES string of the molecule is CC(C)Cc1ccc(-c2ccc(F)cc2)cn1.CC(C)Cc1ccc(F)cn1.CC(C)c1c(F)cc(-c2ccccc2)c[n+]1[O-].CC(C)c1cc(F)c(-c2ccccc2)c[n+]1[O-].CC(C)c1ccc(-c2ccccc2)c[n+]1[O-].CC(C)c1ncc(-c2ccccc2)cn1.CCCc1ccc(C(C)C)[n+]([O-])c1. The molecule has 5 aromatic carbocycles. The molecule has 0 saturated carbocycles. The predicted octanol–water partition coefficient (Wildman–Crippen LogP) is 21.8. The van der Waals surface area contributed by atoms with Gasteiger partial charge in [0.2, 0.25) is 5.69 Å². The van der Waals surface area contributed by atoms with E-state index in [0.29, 0.717) is 50.8 Å². The van der Waals surface area contributed by atoms with Gasteiger partial charge in [-0.1, -0.05) is 250 Å². The first kappa shape index (κ1) is 83.9. The van der Waals surface area contributed by atoms with Crippen LogP contribution in [-0.4, -0.2) is 19.9 Å². The highest BCUT2D eigenvalue weighted by Crippen LogP contribution is 2.27. The van der Waals surface area contributed by atoms with Crippen molar-refractivity contribution in [1.29, 1.82) is 0 Å². The van der Waals surface area contributed by atoms with Gasteiger partial charge in [0.05, 0.1) is 11.8 Å². The number of pyridine rings is 6. The summed E-state index contributed by atoms with van der Waals surface area (Å²) in [5, 5.41) is 46.8. The zero-order valence-electron chi connectivity index (χ0n) is 63.8. The van der Waals surface area contributed by atoms with Gasteiger partial charge in [-0.05, 0) is 107 Å². The minimum atomic E-state index is -0.448. The molecule has 0 radical (unpaired) electrons. The van der Waals surface area contributed by atoms with Crippen molar-refractivity contribution in [3.8, 4) is 55.6 Å². The summed E-state index contributed by atoms with van der Waals surface area (Å²) >= 11 is 0. The lowest BCUT2D eigenvalue weighted by Gasteiger charge is -2.10. The van der Waals surface area contributed by atoms with E-state index in [4.69, 9.17) is 0 Å². The van der Waals surface area contributed by atoms with Gasteiger partial charge >= 0.3 is 0 Å². The van der Waals surface area contributed by atoms with Crippen LogP contribution in [0, 0.1) is 55.9 Å². The molecule has 106 heavy (non-hydrogen) atoms. The molecule has 12 aromatic rings. The Morgan fingerprint density at radius 1 is 0.321 bits per heavy atom. The Bertz CT molecular complexity index is 4510. The van der Waals surface area contributed by atoms with Gasteiger partial charge in [0.25, 0.3) is 0 Å². The third-order valence-corrected chi connectivity index (χ3v) is 16.5. The molecule has 0 N–H and O–H groups in total. The standard InChI is InChI=1S/C15H16FN.2C14H14FNO.C14H15NO.C13H14N2.C11H17NO.C9H12FN/c1-11(2)9-15-8-5-13(10-17-15)12-3-6-14(16)7-4-12;1-10(2)14-8-13(15)12(9-16(14)17)11-6-4-3-5-7-11;1-10(2)14-13(15)8-12(9-16(14)17)11-6-4-3-5-7-11;1-11(2)14-9-8-13(10-15(14)16)12-6-4-3-5-7-12;1-10(2)13-14-8-12(9-15-13)11-6-4-3-5-7-11;1-4-5-10-6-7-11(9(2)3)12(13)8-10;1-7(2)5-9-4-3-8(10)6-11-9/h3-8,10-11H,9H2,1-2H3;2*3-10H,1-2H3;3-11H,1-2H3;3-10H,1-2H3;6-9H,4-5H2,1-3H3;3-4,6-7H,5H2,1-2H3. The summed E-state index contributed by atoms with van der Waals surface area (Å²) in [4.78, 5) is 17.1. The van der Waals surface area contributed by atoms with Crippen LogP contribution in [0.25, 0.3) is 55.6 Å². The van der Waals surface area contributed by atoms with E-state index in [-0.39, 0.29) is 40.9 Å². The van der Waals surface area contributed by atoms with Gasteiger partial charge in [0.1, 0.15) is 23.3 Å². The second-order valence-electron chi connectivity index (χ2n) is 28.1. The molecule has 0 spiro atoms. The van der Waals surface area contributed by atoms with E-state index in [2.05, 4.69) is 80.5 Å². The number of halogens is 4. The minimum absolute atomic E-state index is 0.00632. The third kappa shape index (κ3) is 27.2. The zero-order valence-corrected chi connectivity index (χ0v) is 63.8. The summed E-state index contributed by atoms with van der Waals surface area (Å²) in [6.07, 6.45) is 16.9. The van der Waals surface area contributed by atoms with Crippen LogP contribution in [0.2, 0.25) is 0 Å². The highest BCUT2D eigenvalue weighted by Gasteiger charge is 2.20. The number of aryl methyl sites for hydroxylation is 1. The molecule has 7 aromatic heterocycles. The summed E-state index contributed by atoms with van der Waals surface area (Å²) in [5.41, 5.74) is 14.2. The second-order valence-corrected chi connectivity index (χ2v) is 28.1. The van der Waals surface area contributed by atoms with Gasteiger partial charge in [0.15, 0.2) is 47.7 Å². The summed E-state index contributed by atoms with van der Waals surface area (Å²) in [6.45, 7) is 30.3. The van der Waals surface area contributed by atoms with Crippen LogP contribution in [0.15, 0.2) is 256 Å². The number of hydrogen-bond acceptors (Lipinski definition) is 8. The van der Waals surface area contributed by atoms with E-state index >= 15 is 0 Å². The van der Waals surface area contributed by atoms with Crippen molar-refractivity contribution in [2.24, 2.45) is 11.8 Å². The first-order chi connectivity index (χ1) is 50.6. The normalized spacial score (nSPS) is 10.7. The van der Waals surface area contributed by atoms with Crippen molar-refractivity contribution in [1.82, 2.24) is 19.9 Å². The number of aromatic nitrogens is 8. The third-order valence-electron chi connectivity index (χ3n) is 16.5. The first-order valence-corrected chi connectivity index (χ1v) is 36.3. The number of nitrogens with zero attached hydrogens (tertiary/aromatic N) is 8.